The van der Waals surface area contributed by atoms with E-state index in [4.69, 9.17) is 5.73 Å². The zero-order chi connectivity index (χ0) is 8.43. The molecule has 1 heterocycles. The molecule has 0 saturated heterocycles. The Balaban J connectivity index is 3.44. The Bertz CT molecular complexity index is 342. The normalized spacial score (nSPS) is 9.55. The molecule has 0 bridgehead atoms. The molecule has 0 atom stereocenters. The van der Waals surface area contributed by atoms with E-state index in [9.17, 15) is 9.59 Å². The maximum absolute atomic E-state index is 10.8. The molecule has 5 heteroatoms. The van der Waals surface area contributed by atoms with Crippen LogP contribution >= 0.6 is 0 Å². The molecule has 0 unspecified atom stereocenters. The van der Waals surface area contributed by atoms with Crippen LogP contribution in [-0.4, -0.2) is 16.3 Å². The molecule has 0 fully saturated rings. The number of nitrogens with zero attached hydrogens (tertiary/aromatic N) is 1. The number of nitrogens with two attached hydrogens (primary N) is 1. The maximum atomic E-state index is 10.8. The number of carbonyl (C=O) groups excluding carboxylic acids is 1. The Labute approximate surface area is 62.3 Å². The van der Waals surface area contributed by atoms with Gasteiger partial charge in [0.05, 0.1) is 0 Å². The first-order valence-electron chi connectivity index (χ1n) is 2.96. The van der Waals surface area contributed by atoms with Gasteiger partial charge in [-0.1, -0.05) is 0 Å². The van der Waals surface area contributed by atoms with Crippen molar-refractivity contribution < 1.29 is 4.79 Å². The van der Waals surface area contributed by atoms with E-state index < -0.39 is 0 Å². The van der Waals surface area contributed by atoms with Crippen molar-refractivity contribution in [1.29, 1.82) is 0 Å². The van der Waals surface area contributed by atoms with Crippen LogP contribution in [0.4, 0.5) is 5.82 Å². The van der Waals surface area contributed by atoms with E-state index in [1.54, 1.807) is 0 Å². The second-order valence-corrected chi connectivity index (χ2v) is 2.07. The Hall–Kier alpha value is -1.65. The molecule has 0 amide bonds. The lowest BCUT2D eigenvalue weighted by molar-refractivity contribution is 0.111. The number of aryl methyl sites for hydroxylation is 1. The average Bonchev–Trinajstić information content (AvgIpc) is 1.97. The molecular weight excluding hydrogens is 146 g/mol. The van der Waals surface area contributed by atoms with E-state index in [1.807, 2.05) is 0 Å². The van der Waals surface area contributed by atoms with Crippen LogP contribution in [0.25, 0.3) is 0 Å². The molecule has 0 aromatic carbocycles. The Morgan fingerprint density at radius 2 is 2.27 bits per heavy atom. The zero-order valence-corrected chi connectivity index (χ0v) is 5.92. The van der Waals surface area contributed by atoms with E-state index in [2.05, 4.69) is 9.97 Å². The van der Waals surface area contributed by atoms with Gasteiger partial charge in [-0.15, -0.1) is 0 Å². The van der Waals surface area contributed by atoms with Crippen molar-refractivity contribution in [1.82, 2.24) is 9.97 Å². The smallest absolute Gasteiger partial charge is 0.270 e. The number of anilines is 1. The van der Waals surface area contributed by atoms with Crippen LogP contribution in [0.15, 0.2) is 4.79 Å². The van der Waals surface area contributed by atoms with Gasteiger partial charge in [0.25, 0.3) is 5.56 Å². The number of H-pyrrole nitrogens is 1. The van der Waals surface area contributed by atoms with Gasteiger partial charge in [0.1, 0.15) is 11.4 Å². The third kappa shape index (κ3) is 1.26. The van der Waals surface area contributed by atoms with Crippen molar-refractivity contribution in [3.8, 4) is 0 Å². The summed E-state index contributed by atoms with van der Waals surface area (Å²) in [5, 5.41) is 0. The molecule has 58 valence electrons. The predicted molar refractivity (Wildman–Crippen MR) is 39.4 cm³/mol. The summed E-state index contributed by atoms with van der Waals surface area (Å²) < 4.78 is 0. The first-order valence-corrected chi connectivity index (χ1v) is 2.96. The third-order valence-corrected chi connectivity index (χ3v) is 1.26. The maximum Gasteiger partial charge on any atom is 0.270 e. The van der Waals surface area contributed by atoms with Crippen LogP contribution < -0.4 is 11.3 Å². The highest BCUT2D eigenvalue weighted by Crippen LogP contribution is 1.97. The van der Waals surface area contributed by atoms with E-state index >= 15 is 0 Å². The van der Waals surface area contributed by atoms with Crippen LogP contribution in [0.3, 0.4) is 0 Å². The summed E-state index contributed by atoms with van der Waals surface area (Å²) in [5.74, 6) is 0.0529. The van der Waals surface area contributed by atoms with Crippen molar-refractivity contribution in [3.05, 3.63) is 21.7 Å². The number of nitrogen functional groups attached to an aromatic ring is 1. The van der Waals surface area contributed by atoms with Gasteiger partial charge >= 0.3 is 0 Å². The minimum atomic E-state index is -0.388. The Kier molecular flexibility index (Phi) is 1.72. The number of nitrogens with one attached hydrogen (secondary N) is 1. The van der Waals surface area contributed by atoms with Crippen molar-refractivity contribution in [2.45, 2.75) is 6.92 Å². The fourth-order valence-electron chi connectivity index (χ4n) is 0.658. The molecule has 1 aromatic rings. The highest BCUT2D eigenvalue weighted by atomic mass is 16.1. The molecule has 0 radical (unpaired) electrons. The number of hydrogen-bond acceptors (Lipinski definition) is 4. The van der Waals surface area contributed by atoms with Crippen molar-refractivity contribution in [2.75, 3.05) is 5.73 Å². The number of rotatable bonds is 1. The minimum Gasteiger partial charge on any atom is -0.382 e. The Morgan fingerprint density at radius 1 is 1.64 bits per heavy atom. The lowest BCUT2D eigenvalue weighted by Gasteiger charge is -1.96. The molecule has 0 spiro atoms. The van der Waals surface area contributed by atoms with Crippen molar-refractivity contribution in [3.63, 3.8) is 0 Å². The highest BCUT2D eigenvalue weighted by Gasteiger charge is 2.01. The van der Waals surface area contributed by atoms with E-state index in [0.717, 1.165) is 0 Å². The van der Waals surface area contributed by atoms with Gasteiger partial charge in [0.2, 0.25) is 0 Å². The van der Waals surface area contributed by atoms with E-state index in [0.29, 0.717) is 6.29 Å². The van der Waals surface area contributed by atoms with Crippen molar-refractivity contribution in [2.24, 2.45) is 0 Å². The summed E-state index contributed by atoms with van der Waals surface area (Å²) in [6.07, 6.45) is 0.461. The van der Waals surface area contributed by atoms with Crippen LogP contribution in [0.1, 0.15) is 16.2 Å². The summed E-state index contributed by atoms with van der Waals surface area (Å²) in [4.78, 5) is 26.9. The van der Waals surface area contributed by atoms with E-state index in [1.165, 1.54) is 6.92 Å². The molecule has 5 nitrogen and oxygen atoms in total. The van der Waals surface area contributed by atoms with Gasteiger partial charge in [0.15, 0.2) is 12.1 Å². The number of aromatic amines is 1. The van der Waals surface area contributed by atoms with Gasteiger partial charge in [-0.05, 0) is 6.92 Å². The molecule has 1 aromatic heterocycles. The first kappa shape index (κ1) is 7.46. The summed E-state index contributed by atoms with van der Waals surface area (Å²) in [6.45, 7) is 1.52. The second-order valence-electron chi connectivity index (χ2n) is 2.07. The van der Waals surface area contributed by atoms with Crippen LogP contribution in [0, 0.1) is 6.92 Å². The number of aromatic nitrogens is 2. The van der Waals surface area contributed by atoms with Crippen LogP contribution in [0.5, 0.6) is 0 Å². The summed E-state index contributed by atoms with van der Waals surface area (Å²) in [5.41, 5.74) is 5.19. The molecule has 0 saturated carbocycles. The molecule has 3 N–H and O–H groups in total. The van der Waals surface area contributed by atoms with Gasteiger partial charge in [-0.25, -0.2) is 4.98 Å². The minimum absolute atomic E-state index is 0.0283. The average molecular weight is 153 g/mol. The fourth-order valence-corrected chi connectivity index (χ4v) is 0.658. The van der Waals surface area contributed by atoms with Gasteiger partial charge < -0.3 is 10.7 Å². The highest BCUT2D eigenvalue weighted by molar-refractivity contribution is 5.78. The molecular formula is C6H7N3O2. The fraction of sp³-hybridized carbons (Fsp3) is 0.167. The number of hydrogen-bond donors (Lipinski definition) is 2. The lowest BCUT2D eigenvalue weighted by Crippen LogP contribution is -2.16. The van der Waals surface area contributed by atoms with Gasteiger partial charge in [-0.2, -0.15) is 0 Å². The largest absolute Gasteiger partial charge is 0.382 e. The zero-order valence-electron chi connectivity index (χ0n) is 5.92. The molecule has 11 heavy (non-hydrogen) atoms. The topological polar surface area (TPSA) is 88.8 Å². The quantitative estimate of drug-likeness (QED) is 0.531. The lowest BCUT2D eigenvalue weighted by atomic mass is 10.4. The van der Waals surface area contributed by atoms with Gasteiger partial charge in [0, 0.05) is 0 Å². The van der Waals surface area contributed by atoms with Crippen LogP contribution in [-0.2, 0) is 0 Å². The summed E-state index contributed by atoms with van der Waals surface area (Å²) in [6, 6.07) is 0. The SMILES string of the molecule is Cc1nc(N)c(C=O)[nH]c1=O. The predicted octanol–water partition coefficient (Wildman–Crippen LogP) is -0.527. The monoisotopic (exact) mass is 153 g/mol. The summed E-state index contributed by atoms with van der Waals surface area (Å²) >= 11 is 0. The Morgan fingerprint density at radius 3 is 2.82 bits per heavy atom. The molecule has 0 aliphatic rings. The van der Waals surface area contributed by atoms with Gasteiger partial charge in [-0.3, -0.25) is 9.59 Å². The van der Waals surface area contributed by atoms with Crippen molar-refractivity contribution >= 4 is 12.1 Å². The third-order valence-electron chi connectivity index (χ3n) is 1.26. The second kappa shape index (κ2) is 2.53. The standard InChI is InChI=1S/C6H7N3O2/c1-3-6(11)9-4(2-10)5(7)8-3/h2H,1H3,(H2,7,8)(H,9,11). The molecule has 0 aliphatic heterocycles. The molecule has 1 rings (SSSR count). The van der Waals surface area contributed by atoms with Crippen LogP contribution in [0.2, 0.25) is 0 Å². The number of aldehydes is 1. The first-order chi connectivity index (χ1) is 5.15. The summed E-state index contributed by atoms with van der Waals surface area (Å²) in [7, 11) is 0. The molecule has 0 aliphatic carbocycles. The number of carbonyl (C=O) groups is 1. The van der Waals surface area contributed by atoms with E-state index in [-0.39, 0.29) is 22.8 Å².